The lowest BCUT2D eigenvalue weighted by atomic mass is 10.3. The molecule has 0 fully saturated rings. The molecule has 142 valence electrons. The van der Waals surface area contributed by atoms with Crippen LogP contribution < -0.4 is 0 Å². The predicted molar refractivity (Wildman–Crippen MR) is 53.0 cm³/mol. The van der Waals surface area contributed by atoms with Crippen molar-refractivity contribution >= 4 is 5.97 Å². The first-order chi connectivity index (χ1) is 10.4. The molecular formula is C10H7F11O3. The van der Waals surface area contributed by atoms with Crippen LogP contribution in [0.4, 0.5) is 48.3 Å². The van der Waals surface area contributed by atoms with Gasteiger partial charge in [0, 0.05) is 0 Å². The molecule has 0 aromatic carbocycles. The third kappa shape index (κ3) is 5.49. The Labute approximate surface area is 126 Å². The van der Waals surface area contributed by atoms with Gasteiger partial charge in [0.05, 0.1) is 12.2 Å². The number of hydrogen-bond donors (Lipinski definition) is 0. The Morgan fingerprint density at radius 3 is 1.79 bits per heavy atom. The molecule has 0 aromatic rings. The summed E-state index contributed by atoms with van der Waals surface area (Å²) < 4.78 is 140. The third-order valence-corrected chi connectivity index (χ3v) is 2.15. The van der Waals surface area contributed by atoms with Crippen molar-refractivity contribution in [2.45, 2.75) is 30.6 Å². The van der Waals surface area contributed by atoms with Gasteiger partial charge in [-0.05, 0) is 0 Å². The van der Waals surface area contributed by atoms with E-state index < -0.39 is 55.3 Å². The minimum Gasteiger partial charge on any atom is -0.459 e. The lowest BCUT2D eigenvalue weighted by molar-refractivity contribution is -0.422. The lowest BCUT2D eigenvalue weighted by Crippen LogP contribution is -2.53. The van der Waals surface area contributed by atoms with Gasteiger partial charge in [-0.3, -0.25) is 0 Å². The summed E-state index contributed by atoms with van der Waals surface area (Å²) in [5, 5.41) is 0. The molecule has 0 aliphatic carbocycles. The first-order valence-electron chi connectivity index (χ1n) is 5.45. The van der Waals surface area contributed by atoms with Crippen LogP contribution in [0.15, 0.2) is 12.2 Å². The molecule has 0 radical (unpaired) electrons. The highest BCUT2D eigenvalue weighted by molar-refractivity contribution is 5.87. The van der Waals surface area contributed by atoms with Gasteiger partial charge < -0.3 is 9.47 Å². The van der Waals surface area contributed by atoms with E-state index >= 15 is 0 Å². The van der Waals surface area contributed by atoms with Crippen LogP contribution in [0.3, 0.4) is 0 Å². The molecular weight excluding hydrogens is 377 g/mol. The molecule has 0 rings (SSSR count). The van der Waals surface area contributed by atoms with Gasteiger partial charge in [-0.1, -0.05) is 6.58 Å². The minimum absolute atomic E-state index is 1.35. The van der Waals surface area contributed by atoms with Crippen LogP contribution >= 0.6 is 0 Å². The summed E-state index contributed by atoms with van der Waals surface area (Å²) in [4.78, 5) is 10.9. The highest BCUT2D eigenvalue weighted by Crippen LogP contribution is 2.47. The number of carbonyl (C=O) groups excluding carboxylic acids is 1. The van der Waals surface area contributed by atoms with Crippen molar-refractivity contribution in [2.24, 2.45) is 0 Å². The Kier molecular flexibility index (Phi) is 6.63. The largest absolute Gasteiger partial charge is 0.462 e. The number of rotatable bonds is 7. The average Bonchev–Trinajstić information content (AvgIpc) is 2.39. The van der Waals surface area contributed by atoms with Gasteiger partial charge in [0.15, 0.2) is 0 Å². The van der Waals surface area contributed by atoms with E-state index in [0.717, 1.165) is 0 Å². The highest BCUT2D eigenvalue weighted by atomic mass is 19.4. The van der Waals surface area contributed by atoms with Gasteiger partial charge in [0.1, 0.15) is 6.61 Å². The standard InChI is InChI=1S/C10H7F11O3/c1-4(6(22)23-3-5(11)7(12,13)14)2-24-10(20,21)8(15,16)9(17,18)19/h5H,1-3H2. The third-order valence-electron chi connectivity index (χ3n) is 2.15. The van der Waals surface area contributed by atoms with Crippen LogP contribution in [0.2, 0.25) is 0 Å². The Hall–Kier alpha value is -1.60. The van der Waals surface area contributed by atoms with Gasteiger partial charge in [0.2, 0.25) is 6.17 Å². The summed E-state index contributed by atoms with van der Waals surface area (Å²) in [6.07, 6.45) is -21.8. The van der Waals surface area contributed by atoms with Crippen molar-refractivity contribution in [3.05, 3.63) is 12.2 Å². The molecule has 1 unspecified atom stereocenters. The van der Waals surface area contributed by atoms with Crippen LogP contribution in [-0.4, -0.2) is 49.7 Å². The second-order valence-corrected chi connectivity index (χ2v) is 4.09. The molecule has 0 aromatic heterocycles. The van der Waals surface area contributed by atoms with Gasteiger partial charge >= 0.3 is 30.4 Å². The van der Waals surface area contributed by atoms with Crippen molar-refractivity contribution in [1.29, 1.82) is 0 Å². The number of carbonyl (C=O) groups is 1. The molecule has 0 bridgehead atoms. The maximum absolute atomic E-state index is 12.7. The SMILES string of the molecule is C=C(COC(F)(F)C(F)(F)C(F)(F)F)C(=O)OCC(F)C(F)(F)F. The van der Waals surface area contributed by atoms with Crippen molar-refractivity contribution in [3.8, 4) is 0 Å². The first-order valence-corrected chi connectivity index (χ1v) is 5.45. The van der Waals surface area contributed by atoms with Crippen LogP contribution in [0.5, 0.6) is 0 Å². The Morgan fingerprint density at radius 1 is 0.958 bits per heavy atom. The second-order valence-electron chi connectivity index (χ2n) is 4.09. The maximum Gasteiger partial charge on any atom is 0.462 e. The molecule has 0 heterocycles. The molecule has 0 N–H and O–H groups in total. The Bertz CT molecular complexity index is 466. The summed E-state index contributed by atoms with van der Waals surface area (Å²) in [5.74, 6) is -8.59. The van der Waals surface area contributed by atoms with E-state index in [2.05, 4.69) is 16.1 Å². The van der Waals surface area contributed by atoms with Gasteiger partial charge in [-0.15, -0.1) is 0 Å². The molecule has 14 heteroatoms. The lowest BCUT2D eigenvalue weighted by Gasteiger charge is -2.27. The molecule has 0 amide bonds. The molecule has 0 aliphatic rings. The van der Waals surface area contributed by atoms with E-state index in [0.29, 0.717) is 0 Å². The molecule has 0 saturated heterocycles. The number of esters is 1. The van der Waals surface area contributed by atoms with Crippen LogP contribution in [0.25, 0.3) is 0 Å². The smallest absolute Gasteiger partial charge is 0.459 e. The zero-order valence-corrected chi connectivity index (χ0v) is 11.1. The zero-order chi connectivity index (χ0) is 19.6. The van der Waals surface area contributed by atoms with Gasteiger partial charge in [-0.2, -0.15) is 43.9 Å². The van der Waals surface area contributed by atoms with E-state index in [9.17, 15) is 53.1 Å². The summed E-state index contributed by atoms with van der Waals surface area (Å²) in [6, 6.07) is 0. The predicted octanol–water partition coefficient (Wildman–Crippen LogP) is 3.79. The van der Waals surface area contributed by atoms with Gasteiger partial charge in [-0.25, -0.2) is 9.18 Å². The van der Waals surface area contributed by atoms with Gasteiger partial charge in [0.25, 0.3) is 0 Å². The normalized spacial score (nSPS) is 15.1. The van der Waals surface area contributed by atoms with Crippen LogP contribution in [0.1, 0.15) is 0 Å². The van der Waals surface area contributed by atoms with E-state index in [1.807, 2.05) is 0 Å². The number of hydrogen-bond acceptors (Lipinski definition) is 3. The Balaban J connectivity index is 4.66. The number of halogens is 11. The van der Waals surface area contributed by atoms with E-state index in [-0.39, 0.29) is 0 Å². The zero-order valence-electron chi connectivity index (χ0n) is 11.1. The van der Waals surface area contributed by atoms with Crippen LogP contribution in [-0.2, 0) is 14.3 Å². The van der Waals surface area contributed by atoms with Crippen molar-refractivity contribution in [1.82, 2.24) is 0 Å². The summed E-state index contributed by atoms with van der Waals surface area (Å²) in [6.45, 7) is -1.27. The highest BCUT2D eigenvalue weighted by Gasteiger charge is 2.74. The number of alkyl halides is 11. The molecule has 0 aliphatic heterocycles. The molecule has 24 heavy (non-hydrogen) atoms. The minimum atomic E-state index is -6.69. The summed E-state index contributed by atoms with van der Waals surface area (Å²) in [5.41, 5.74) is -1.35. The van der Waals surface area contributed by atoms with E-state index in [1.165, 1.54) is 0 Å². The fourth-order valence-electron chi connectivity index (χ4n) is 0.838. The average molecular weight is 384 g/mol. The summed E-state index contributed by atoms with van der Waals surface area (Å²) in [7, 11) is 0. The Morgan fingerprint density at radius 2 is 1.42 bits per heavy atom. The fourth-order valence-corrected chi connectivity index (χ4v) is 0.838. The summed E-state index contributed by atoms with van der Waals surface area (Å²) >= 11 is 0. The van der Waals surface area contributed by atoms with Crippen LogP contribution in [0, 0.1) is 0 Å². The quantitative estimate of drug-likeness (QED) is 0.381. The van der Waals surface area contributed by atoms with Crippen molar-refractivity contribution < 1.29 is 62.6 Å². The molecule has 1 atom stereocenters. The number of ether oxygens (including phenoxy) is 2. The topological polar surface area (TPSA) is 35.5 Å². The second kappa shape index (κ2) is 7.11. The molecule has 0 saturated carbocycles. The van der Waals surface area contributed by atoms with E-state index in [4.69, 9.17) is 0 Å². The van der Waals surface area contributed by atoms with Crippen molar-refractivity contribution in [3.63, 3.8) is 0 Å². The van der Waals surface area contributed by atoms with E-state index in [1.54, 1.807) is 0 Å². The fraction of sp³-hybridized carbons (Fsp3) is 0.700. The molecule has 3 nitrogen and oxygen atoms in total. The monoisotopic (exact) mass is 384 g/mol. The molecule has 0 spiro atoms. The van der Waals surface area contributed by atoms with Crippen molar-refractivity contribution in [2.75, 3.05) is 13.2 Å². The first kappa shape index (κ1) is 22.4. The maximum atomic E-state index is 12.7.